The summed E-state index contributed by atoms with van der Waals surface area (Å²) in [4.78, 5) is 20.9. The predicted molar refractivity (Wildman–Crippen MR) is 58.0 cm³/mol. The van der Waals surface area contributed by atoms with Crippen molar-refractivity contribution in [2.24, 2.45) is 0 Å². The van der Waals surface area contributed by atoms with E-state index in [0.29, 0.717) is 12.8 Å². The van der Waals surface area contributed by atoms with Crippen molar-refractivity contribution in [3.05, 3.63) is 0 Å². The van der Waals surface area contributed by atoms with Gasteiger partial charge in [-0.05, 0) is 12.8 Å². The van der Waals surface area contributed by atoms with Crippen molar-refractivity contribution in [3.8, 4) is 0 Å². The zero-order valence-corrected chi connectivity index (χ0v) is 15.5. The van der Waals surface area contributed by atoms with E-state index in [0.717, 1.165) is 12.8 Å². The van der Waals surface area contributed by atoms with E-state index in [2.05, 4.69) is 4.31 Å². The van der Waals surface area contributed by atoms with Crippen LogP contribution in [0.5, 0.6) is 0 Å². The molecule has 104 valence electrons. The van der Waals surface area contributed by atoms with E-state index in [1.165, 1.54) is 0 Å². The Kier molecular flexibility index (Phi) is 12.5. The van der Waals surface area contributed by atoms with Crippen molar-refractivity contribution in [3.63, 3.8) is 0 Å². The van der Waals surface area contributed by atoms with Gasteiger partial charge in [-0.25, -0.2) is 4.57 Å². The van der Waals surface area contributed by atoms with Crippen molar-refractivity contribution in [1.82, 2.24) is 0 Å². The molecule has 0 heterocycles. The van der Waals surface area contributed by atoms with Crippen LogP contribution in [-0.4, -0.2) is 13.2 Å². The van der Waals surface area contributed by atoms with Crippen LogP contribution in [0.15, 0.2) is 0 Å². The zero-order valence-electron chi connectivity index (χ0n) is 10.7. The van der Waals surface area contributed by atoms with Crippen molar-refractivity contribution in [1.29, 1.82) is 0 Å². The summed E-state index contributed by atoms with van der Waals surface area (Å²) >= 11 is 0. The van der Waals surface area contributed by atoms with Gasteiger partial charge in [-0.15, -0.1) is 0 Å². The summed E-state index contributed by atoms with van der Waals surface area (Å²) in [6.45, 7) is 3.78. The first-order valence-electron chi connectivity index (χ1n) is 5.45. The molecule has 0 N–H and O–H groups in total. The van der Waals surface area contributed by atoms with Crippen molar-refractivity contribution in [2.45, 2.75) is 39.5 Å². The van der Waals surface area contributed by atoms with Gasteiger partial charge in [0.25, 0.3) is 0 Å². The van der Waals surface area contributed by atoms with E-state index in [-0.39, 0.29) is 32.7 Å². The van der Waals surface area contributed by atoms with E-state index in [1.807, 2.05) is 13.8 Å². The zero-order chi connectivity index (χ0) is 13.4. The monoisotopic (exact) mass is 352 g/mol. The minimum atomic E-state index is -5.40. The van der Waals surface area contributed by atoms with E-state index < -0.39 is 15.6 Å². The first kappa shape index (κ1) is 21.2. The van der Waals surface area contributed by atoms with Crippen LogP contribution < -0.4 is 9.79 Å². The smallest absolute Gasteiger partial charge is 0.789 e. The second-order valence-electron chi connectivity index (χ2n) is 3.35. The van der Waals surface area contributed by atoms with Crippen LogP contribution in [0.3, 0.4) is 0 Å². The molecule has 0 aromatic carbocycles. The maximum Gasteiger partial charge on any atom is 2.00 e. The summed E-state index contributed by atoms with van der Waals surface area (Å²) in [7, 11) is -9.69. The topological polar surface area (TPSA) is 108 Å². The fraction of sp³-hybridized carbons (Fsp3) is 1.00. The van der Waals surface area contributed by atoms with Crippen molar-refractivity contribution < 1.29 is 51.8 Å². The Morgan fingerprint density at radius 3 is 1.61 bits per heavy atom. The number of phosphoric acid groups is 2. The molecular weight excluding hydrogens is 335 g/mol. The number of rotatable bonds is 10. The molecule has 0 saturated carbocycles. The number of hydrogen-bond donors (Lipinski definition) is 0. The summed E-state index contributed by atoms with van der Waals surface area (Å²) < 4.78 is 35.5. The Balaban J connectivity index is 0. The molecule has 10 heteroatoms. The molecule has 0 aliphatic heterocycles. The number of phosphoric ester groups is 1. The molecule has 0 rings (SSSR count). The molecule has 0 radical (unpaired) electrons. The third-order valence-corrected chi connectivity index (χ3v) is 4.29. The minimum Gasteiger partial charge on any atom is -0.789 e. The van der Waals surface area contributed by atoms with E-state index in [9.17, 15) is 18.9 Å². The third-order valence-electron chi connectivity index (χ3n) is 1.69. The van der Waals surface area contributed by atoms with Crippen molar-refractivity contribution in [2.75, 3.05) is 13.2 Å². The Morgan fingerprint density at radius 1 is 0.944 bits per heavy atom. The number of hydrogen-bond acceptors (Lipinski definition) is 7. The summed E-state index contributed by atoms with van der Waals surface area (Å²) in [5, 5.41) is 0. The van der Waals surface area contributed by atoms with E-state index in [4.69, 9.17) is 9.05 Å². The Labute approximate surface area is 120 Å². The van der Waals surface area contributed by atoms with Gasteiger partial charge in [-0.1, -0.05) is 26.7 Å². The molecule has 0 aliphatic carbocycles. The quantitative estimate of drug-likeness (QED) is 0.333. The van der Waals surface area contributed by atoms with Gasteiger partial charge in [0.2, 0.25) is 0 Å². The molecule has 7 nitrogen and oxygen atoms in total. The maximum absolute atomic E-state index is 11.7. The Morgan fingerprint density at radius 2 is 1.33 bits per heavy atom. The van der Waals surface area contributed by atoms with Gasteiger partial charge < -0.3 is 14.4 Å². The van der Waals surface area contributed by atoms with Crippen LogP contribution in [-0.2, 0) is 42.0 Å². The average Bonchev–Trinajstić information content (AvgIpc) is 2.15. The summed E-state index contributed by atoms with van der Waals surface area (Å²) in [5.74, 6) is 0. The third kappa shape index (κ3) is 11.9. The fourth-order valence-electron chi connectivity index (χ4n) is 0.848. The standard InChI is InChI=1S/C8H20O7P2.Zn/c1-3-5-7-13-17(12,14-8-6-4-2)15-16(9,10)11;/h3-8H2,1-2H3,(H2,9,10,11);/q;+2/p-2. The fourth-order valence-corrected chi connectivity index (χ4v) is 2.99. The molecule has 0 aromatic rings. The molecule has 0 amide bonds. The summed E-state index contributed by atoms with van der Waals surface area (Å²) in [6, 6.07) is 0. The van der Waals surface area contributed by atoms with Gasteiger partial charge in [0.15, 0.2) is 0 Å². The van der Waals surface area contributed by atoms with Gasteiger partial charge in [0.1, 0.15) is 0 Å². The van der Waals surface area contributed by atoms with E-state index in [1.54, 1.807) is 0 Å². The van der Waals surface area contributed by atoms with Gasteiger partial charge in [-0.2, -0.15) is 0 Å². The molecule has 0 fully saturated rings. The first-order chi connectivity index (χ1) is 7.83. The van der Waals surface area contributed by atoms with Crippen LogP contribution in [0.1, 0.15) is 39.5 Å². The van der Waals surface area contributed by atoms with Crippen molar-refractivity contribution >= 4 is 15.6 Å². The maximum atomic E-state index is 11.7. The minimum absolute atomic E-state index is 0. The molecular formula is C8H18O7P2Zn. The molecule has 0 unspecified atom stereocenters. The summed E-state index contributed by atoms with van der Waals surface area (Å²) in [5.41, 5.74) is 0. The molecule has 0 aromatic heterocycles. The van der Waals surface area contributed by atoms with Gasteiger partial charge in [0, 0.05) is 0 Å². The Hall–Kier alpha value is 0.883. The van der Waals surface area contributed by atoms with Crippen LogP contribution in [0.25, 0.3) is 0 Å². The summed E-state index contributed by atoms with van der Waals surface area (Å²) in [6.07, 6.45) is 2.65. The van der Waals surface area contributed by atoms with E-state index >= 15 is 0 Å². The average molecular weight is 354 g/mol. The van der Waals surface area contributed by atoms with Crippen LogP contribution in [0.2, 0.25) is 0 Å². The van der Waals surface area contributed by atoms with Crippen LogP contribution in [0, 0.1) is 0 Å². The second-order valence-corrected chi connectivity index (χ2v) is 6.31. The molecule has 0 saturated heterocycles. The second kappa shape index (κ2) is 10.6. The largest absolute Gasteiger partial charge is 2.00 e. The number of unbranched alkanes of at least 4 members (excludes halogenated alkanes) is 2. The van der Waals surface area contributed by atoms with Gasteiger partial charge in [0.05, 0.1) is 21.0 Å². The molecule has 0 bridgehead atoms. The van der Waals surface area contributed by atoms with Gasteiger partial charge >= 0.3 is 27.3 Å². The molecule has 0 atom stereocenters. The van der Waals surface area contributed by atoms with Gasteiger partial charge in [-0.3, -0.25) is 13.4 Å². The SMILES string of the molecule is CCCCOP(=O)(OCCCC)OP(=O)([O-])[O-].[Zn+2]. The predicted octanol–water partition coefficient (Wildman–Crippen LogP) is 1.57. The van der Waals surface area contributed by atoms with Crippen LogP contribution in [0.4, 0.5) is 0 Å². The molecule has 0 aliphatic rings. The molecule has 18 heavy (non-hydrogen) atoms. The Bertz CT molecular complexity index is 279. The normalized spacial score (nSPS) is 12.2. The molecule has 0 spiro atoms. The first-order valence-corrected chi connectivity index (χ1v) is 8.37. The van der Waals surface area contributed by atoms with Crippen LogP contribution >= 0.6 is 15.6 Å².